The zero-order valence-corrected chi connectivity index (χ0v) is 10.3. The Morgan fingerprint density at radius 3 is 2.56 bits per heavy atom. The molecule has 0 saturated carbocycles. The third-order valence-corrected chi connectivity index (χ3v) is 3.71. The molecule has 1 aromatic rings. The Kier molecular flexibility index (Phi) is 4.46. The normalized spacial score (nSPS) is 13.7. The van der Waals surface area contributed by atoms with Crippen LogP contribution < -0.4 is 4.72 Å². The highest BCUT2D eigenvalue weighted by Gasteiger charge is 2.15. The van der Waals surface area contributed by atoms with E-state index in [2.05, 4.69) is 4.72 Å². The van der Waals surface area contributed by atoms with Crippen LogP contribution in [0.2, 0.25) is 0 Å². The Bertz CT molecular complexity index is 442. The minimum absolute atomic E-state index is 0.0516. The van der Waals surface area contributed by atoms with Gasteiger partial charge in [0.1, 0.15) is 0 Å². The van der Waals surface area contributed by atoms with Crippen molar-refractivity contribution in [1.82, 2.24) is 4.72 Å². The molecule has 0 saturated heterocycles. The van der Waals surface area contributed by atoms with E-state index in [1.807, 2.05) is 25.1 Å². The summed E-state index contributed by atoms with van der Waals surface area (Å²) in [5, 5.41) is 8.79. The van der Waals surface area contributed by atoms with Crippen LogP contribution in [-0.4, -0.2) is 26.2 Å². The van der Waals surface area contributed by atoms with Crippen LogP contribution >= 0.6 is 0 Å². The predicted octanol–water partition coefficient (Wildman–Crippen LogP) is 0.795. The molecule has 0 fully saturated rings. The molecule has 0 amide bonds. The first-order valence-corrected chi connectivity index (χ1v) is 6.75. The molecule has 1 rings (SSSR count). The van der Waals surface area contributed by atoms with E-state index in [9.17, 15) is 8.42 Å². The second-order valence-corrected chi connectivity index (χ2v) is 5.64. The lowest BCUT2D eigenvalue weighted by molar-refractivity contribution is 0.265. The zero-order chi connectivity index (χ0) is 12.2. The molecular formula is C11H17NO3S. The molecule has 0 aliphatic heterocycles. The summed E-state index contributed by atoms with van der Waals surface area (Å²) < 4.78 is 25.8. The van der Waals surface area contributed by atoms with E-state index >= 15 is 0 Å². The Morgan fingerprint density at radius 2 is 2.00 bits per heavy atom. The molecule has 1 unspecified atom stereocenters. The second-order valence-electron chi connectivity index (χ2n) is 3.89. The van der Waals surface area contributed by atoms with Gasteiger partial charge in [0.25, 0.3) is 0 Å². The van der Waals surface area contributed by atoms with Crippen molar-refractivity contribution in [3.05, 3.63) is 35.4 Å². The van der Waals surface area contributed by atoms with Crippen molar-refractivity contribution in [2.75, 3.05) is 6.61 Å². The topological polar surface area (TPSA) is 66.4 Å². The number of sulfonamides is 1. The van der Waals surface area contributed by atoms with Gasteiger partial charge in [-0.1, -0.05) is 24.3 Å². The molecule has 90 valence electrons. The van der Waals surface area contributed by atoms with Crippen LogP contribution in [0.3, 0.4) is 0 Å². The monoisotopic (exact) mass is 243 g/mol. The predicted molar refractivity (Wildman–Crippen MR) is 63.5 cm³/mol. The maximum absolute atomic E-state index is 11.7. The van der Waals surface area contributed by atoms with E-state index in [0.717, 1.165) is 11.1 Å². The van der Waals surface area contributed by atoms with Crippen LogP contribution in [0.25, 0.3) is 0 Å². The Labute approximate surface area is 96.4 Å². The van der Waals surface area contributed by atoms with Gasteiger partial charge >= 0.3 is 0 Å². The maximum Gasteiger partial charge on any atom is 0.216 e. The van der Waals surface area contributed by atoms with E-state index in [-0.39, 0.29) is 12.4 Å². The molecule has 0 aromatic heterocycles. The molecule has 0 aliphatic carbocycles. The fourth-order valence-electron chi connectivity index (χ4n) is 1.36. The average Bonchev–Trinajstić information content (AvgIpc) is 2.20. The summed E-state index contributed by atoms with van der Waals surface area (Å²) in [7, 11) is -3.38. The smallest absolute Gasteiger partial charge is 0.216 e. The quantitative estimate of drug-likeness (QED) is 0.803. The number of hydrogen-bond donors (Lipinski definition) is 2. The molecule has 5 heteroatoms. The van der Waals surface area contributed by atoms with Crippen molar-refractivity contribution in [3.8, 4) is 0 Å². The number of aliphatic hydroxyl groups excluding tert-OH is 1. The summed E-state index contributed by atoms with van der Waals surface area (Å²) in [5.74, 6) is -0.0516. The average molecular weight is 243 g/mol. The minimum atomic E-state index is -3.38. The van der Waals surface area contributed by atoms with Crippen molar-refractivity contribution < 1.29 is 13.5 Å². The van der Waals surface area contributed by atoms with E-state index in [4.69, 9.17) is 5.11 Å². The van der Waals surface area contributed by atoms with Gasteiger partial charge in [-0.2, -0.15) is 0 Å². The summed E-state index contributed by atoms with van der Waals surface area (Å²) in [4.78, 5) is 0. The lowest BCUT2D eigenvalue weighted by Gasteiger charge is -2.12. The molecule has 1 aromatic carbocycles. The van der Waals surface area contributed by atoms with Crippen LogP contribution in [0, 0.1) is 6.92 Å². The summed E-state index contributed by atoms with van der Waals surface area (Å²) in [6.45, 7) is 3.29. The van der Waals surface area contributed by atoms with E-state index in [1.54, 1.807) is 13.0 Å². The highest BCUT2D eigenvalue weighted by atomic mass is 32.2. The number of hydrogen-bond acceptors (Lipinski definition) is 3. The first-order chi connectivity index (χ1) is 7.44. The SMILES string of the molecule is Cc1ccccc1CS(=O)(=O)NC(C)CO. The van der Waals surface area contributed by atoms with Gasteiger partial charge in [-0.25, -0.2) is 13.1 Å². The highest BCUT2D eigenvalue weighted by Crippen LogP contribution is 2.10. The van der Waals surface area contributed by atoms with Crippen molar-refractivity contribution in [1.29, 1.82) is 0 Å². The molecule has 1 atom stereocenters. The van der Waals surface area contributed by atoms with E-state index in [1.165, 1.54) is 0 Å². The van der Waals surface area contributed by atoms with E-state index in [0.29, 0.717) is 0 Å². The lowest BCUT2D eigenvalue weighted by atomic mass is 10.1. The first-order valence-electron chi connectivity index (χ1n) is 5.10. The highest BCUT2D eigenvalue weighted by molar-refractivity contribution is 7.88. The third kappa shape index (κ3) is 3.92. The Morgan fingerprint density at radius 1 is 1.38 bits per heavy atom. The second kappa shape index (κ2) is 5.43. The summed E-state index contributed by atoms with van der Waals surface area (Å²) in [5.41, 5.74) is 1.73. The zero-order valence-electron chi connectivity index (χ0n) is 9.47. The fraction of sp³-hybridized carbons (Fsp3) is 0.455. The van der Waals surface area contributed by atoms with Gasteiger partial charge in [-0.15, -0.1) is 0 Å². The molecule has 2 N–H and O–H groups in total. The lowest BCUT2D eigenvalue weighted by Crippen LogP contribution is -2.35. The maximum atomic E-state index is 11.7. The van der Waals surface area contributed by atoms with Crippen molar-refractivity contribution in [3.63, 3.8) is 0 Å². The number of benzene rings is 1. The number of aryl methyl sites for hydroxylation is 1. The van der Waals surface area contributed by atoms with Crippen LogP contribution in [0.4, 0.5) is 0 Å². The summed E-state index contributed by atoms with van der Waals surface area (Å²) >= 11 is 0. The number of aliphatic hydroxyl groups is 1. The first kappa shape index (κ1) is 13.2. The van der Waals surface area contributed by atoms with Gasteiger partial charge in [-0.3, -0.25) is 0 Å². The minimum Gasteiger partial charge on any atom is -0.395 e. The van der Waals surface area contributed by atoms with Crippen molar-refractivity contribution in [2.24, 2.45) is 0 Å². The molecule has 0 spiro atoms. The fourth-order valence-corrected chi connectivity index (χ4v) is 2.87. The van der Waals surface area contributed by atoms with Crippen LogP contribution in [-0.2, 0) is 15.8 Å². The Hall–Kier alpha value is -0.910. The van der Waals surface area contributed by atoms with Crippen LogP contribution in [0.5, 0.6) is 0 Å². The van der Waals surface area contributed by atoms with Gasteiger partial charge in [-0.05, 0) is 25.0 Å². The van der Waals surface area contributed by atoms with Gasteiger partial charge in [0, 0.05) is 6.04 Å². The van der Waals surface area contributed by atoms with Gasteiger partial charge in [0.15, 0.2) is 0 Å². The number of nitrogens with one attached hydrogen (secondary N) is 1. The largest absolute Gasteiger partial charge is 0.395 e. The van der Waals surface area contributed by atoms with Crippen LogP contribution in [0.1, 0.15) is 18.1 Å². The van der Waals surface area contributed by atoms with Gasteiger partial charge in [0.05, 0.1) is 12.4 Å². The third-order valence-electron chi connectivity index (χ3n) is 2.26. The Balaban J connectivity index is 2.77. The van der Waals surface area contributed by atoms with Gasteiger partial charge in [0.2, 0.25) is 10.0 Å². The molecule has 0 radical (unpaired) electrons. The molecule has 0 heterocycles. The number of rotatable bonds is 5. The van der Waals surface area contributed by atoms with Crippen molar-refractivity contribution >= 4 is 10.0 Å². The van der Waals surface area contributed by atoms with Crippen LogP contribution in [0.15, 0.2) is 24.3 Å². The summed E-state index contributed by atoms with van der Waals surface area (Å²) in [6.07, 6.45) is 0. The van der Waals surface area contributed by atoms with E-state index < -0.39 is 16.1 Å². The van der Waals surface area contributed by atoms with Crippen molar-refractivity contribution in [2.45, 2.75) is 25.6 Å². The molecule has 0 aliphatic rings. The summed E-state index contributed by atoms with van der Waals surface area (Å²) in [6, 6.07) is 6.90. The molecule has 4 nitrogen and oxygen atoms in total. The molecule has 0 bridgehead atoms. The molecule has 16 heavy (non-hydrogen) atoms. The standard InChI is InChI=1S/C11H17NO3S/c1-9-5-3-4-6-11(9)8-16(14,15)12-10(2)7-13/h3-6,10,12-13H,7-8H2,1-2H3. The van der Waals surface area contributed by atoms with Gasteiger partial charge < -0.3 is 5.11 Å². The molecular weight excluding hydrogens is 226 g/mol.